The van der Waals surface area contributed by atoms with E-state index in [0.29, 0.717) is 12.2 Å². The lowest BCUT2D eigenvalue weighted by atomic mass is 10.1. The lowest BCUT2D eigenvalue weighted by Gasteiger charge is -2.34. The van der Waals surface area contributed by atoms with Crippen LogP contribution in [0.3, 0.4) is 0 Å². The van der Waals surface area contributed by atoms with E-state index in [9.17, 15) is 15.0 Å². The Kier molecular flexibility index (Phi) is 9.25. The van der Waals surface area contributed by atoms with Crippen LogP contribution in [0.4, 0.5) is 4.79 Å². The zero-order chi connectivity index (χ0) is 26.3. The van der Waals surface area contributed by atoms with Gasteiger partial charge in [0.25, 0.3) is 0 Å². The normalized spacial score (nSPS) is 13.3. The van der Waals surface area contributed by atoms with Crippen LogP contribution in [0.5, 0.6) is 0 Å². The van der Waals surface area contributed by atoms with Gasteiger partial charge in [-0.25, -0.2) is 9.78 Å². The third kappa shape index (κ3) is 7.40. The summed E-state index contributed by atoms with van der Waals surface area (Å²) in [6.07, 6.45) is -0.0624. The van der Waals surface area contributed by atoms with Crippen LogP contribution in [0.1, 0.15) is 49.4 Å². The van der Waals surface area contributed by atoms with Crippen molar-refractivity contribution in [3.8, 4) is 5.82 Å². The summed E-state index contributed by atoms with van der Waals surface area (Å²) in [6.45, 7) is 9.32. The number of ether oxygens (including phenoxy) is 2. The van der Waals surface area contributed by atoms with Crippen LogP contribution in [0.15, 0.2) is 60.8 Å². The highest BCUT2D eigenvalue weighted by Crippen LogP contribution is 2.21. The number of hydrogen-bond acceptors (Lipinski definition) is 6. The standard InChI is InChI=1S/C28H37N3O5/c1-20-11-12-21(2)31(20)26-14-13-23(15-29-26)25(33)16-30(27(34)36-28(3,4)5)24(17-32)19-35-18-22-9-7-6-8-10-22/h6-15,24-25,32-33H,16-19H2,1-5H3/t24-,25+/m1/s1. The summed E-state index contributed by atoms with van der Waals surface area (Å²) in [5.74, 6) is 0.748. The summed E-state index contributed by atoms with van der Waals surface area (Å²) in [7, 11) is 0. The first-order chi connectivity index (χ1) is 17.1. The predicted octanol–water partition coefficient (Wildman–Crippen LogP) is 4.34. The number of carbonyl (C=O) groups is 1. The molecule has 36 heavy (non-hydrogen) atoms. The van der Waals surface area contributed by atoms with Gasteiger partial charge < -0.3 is 24.3 Å². The molecule has 0 fully saturated rings. The summed E-state index contributed by atoms with van der Waals surface area (Å²) in [6, 6.07) is 16.6. The number of nitrogens with zero attached hydrogens (tertiary/aromatic N) is 3. The highest BCUT2D eigenvalue weighted by molar-refractivity contribution is 5.68. The second-order valence-corrected chi connectivity index (χ2v) is 9.89. The molecule has 0 aliphatic heterocycles. The monoisotopic (exact) mass is 495 g/mol. The van der Waals surface area contributed by atoms with Gasteiger partial charge >= 0.3 is 6.09 Å². The molecule has 3 rings (SSSR count). The van der Waals surface area contributed by atoms with Crippen molar-refractivity contribution in [2.45, 2.75) is 59.0 Å². The average Bonchev–Trinajstić information content (AvgIpc) is 3.18. The largest absolute Gasteiger partial charge is 0.444 e. The zero-order valence-corrected chi connectivity index (χ0v) is 21.7. The van der Waals surface area contributed by atoms with Crippen molar-refractivity contribution >= 4 is 6.09 Å². The molecule has 1 amide bonds. The van der Waals surface area contributed by atoms with Gasteiger partial charge in [0.05, 0.1) is 38.5 Å². The van der Waals surface area contributed by atoms with E-state index in [1.165, 1.54) is 4.90 Å². The molecule has 0 saturated heterocycles. The lowest BCUT2D eigenvalue weighted by Crippen LogP contribution is -2.49. The first-order valence-corrected chi connectivity index (χ1v) is 12.1. The molecule has 0 spiro atoms. The van der Waals surface area contributed by atoms with Gasteiger partial charge in [-0.05, 0) is 58.4 Å². The second kappa shape index (κ2) is 12.2. The number of aryl methyl sites for hydroxylation is 2. The van der Waals surface area contributed by atoms with Crippen LogP contribution in [0.2, 0.25) is 0 Å². The van der Waals surface area contributed by atoms with E-state index in [4.69, 9.17) is 9.47 Å². The molecule has 2 atom stereocenters. The number of hydrogen-bond donors (Lipinski definition) is 2. The van der Waals surface area contributed by atoms with Crippen LogP contribution < -0.4 is 0 Å². The first-order valence-electron chi connectivity index (χ1n) is 12.1. The molecular weight excluding hydrogens is 458 g/mol. The molecule has 0 radical (unpaired) electrons. The molecule has 2 N–H and O–H groups in total. The van der Waals surface area contributed by atoms with Gasteiger partial charge in [-0.3, -0.25) is 4.90 Å². The van der Waals surface area contributed by atoms with E-state index < -0.39 is 23.8 Å². The first kappa shape index (κ1) is 27.4. The lowest BCUT2D eigenvalue weighted by molar-refractivity contribution is -0.0248. The smallest absolute Gasteiger partial charge is 0.410 e. The van der Waals surface area contributed by atoms with Crippen molar-refractivity contribution in [2.24, 2.45) is 0 Å². The van der Waals surface area contributed by atoms with E-state index in [1.807, 2.05) is 66.9 Å². The number of amides is 1. The highest BCUT2D eigenvalue weighted by atomic mass is 16.6. The number of aromatic nitrogens is 2. The van der Waals surface area contributed by atoms with Crippen molar-refractivity contribution in [3.63, 3.8) is 0 Å². The highest BCUT2D eigenvalue weighted by Gasteiger charge is 2.30. The quantitative estimate of drug-likeness (QED) is 0.434. The Hall–Kier alpha value is -3.20. The predicted molar refractivity (Wildman–Crippen MR) is 138 cm³/mol. The Morgan fingerprint density at radius 3 is 2.28 bits per heavy atom. The zero-order valence-electron chi connectivity index (χ0n) is 21.7. The molecule has 0 saturated carbocycles. The minimum Gasteiger partial charge on any atom is -0.444 e. The maximum atomic E-state index is 13.1. The van der Waals surface area contributed by atoms with E-state index in [-0.39, 0.29) is 19.8 Å². The number of rotatable bonds is 10. The van der Waals surface area contributed by atoms with Crippen LogP contribution in [0, 0.1) is 13.8 Å². The summed E-state index contributed by atoms with van der Waals surface area (Å²) >= 11 is 0. The van der Waals surface area contributed by atoms with Crippen LogP contribution in [-0.4, -0.2) is 62.2 Å². The molecule has 1 aromatic carbocycles. The fraction of sp³-hybridized carbons (Fsp3) is 0.429. The number of benzene rings is 1. The summed E-state index contributed by atoms with van der Waals surface area (Å²) in [4.78, 5) is 18.9. The Labute approximate surface area is 213 Å². The molecule has 8 heteroatoms. The van der Waals surface area contributed by atoms with Crippen LogP contribution in [0.25, 0.3) is 5.82 Å². The van der Waals surface area contributed by atoms with Crippen LogP contribution >= 0.6 is 0 Å². The van der Waals surface area contributed by atoms with Gasteiger partial charge in [0, 0.05) is 23.1 Å². The molecule has 2 aromatic heterocycles. The van der Waals surface area contributed by atoms with Crippen molar-refractivity contribution in [2.75, 3.05) is 19.8 Å². The second-order valence-electron chi connectivity index (χ2n) is 9.89. The van der Waals surface area contributed by atoms with Gasteiger partial charge in [0.15, 0.2) is 0 Å². The molecule has 8 nitrogen and oxygen atoms in total. The third-order valence-corrected chi connectivity index (χ3v) is 5.73. The maximum Gasteiger partial charge on any atom is 0.410 e. The topological polar surface area (TPSA) is 97.1 Å². The van der Waals surface area contributed by atoms with E-state index >= 15 is 0 Å². The molecule has 2 heterocycles. The van der Waals surface area contributed by atoms with Crippen molar-refractivity contribution in [1.29, 1.82) is 0 Å². The minimum absolute atomic E-state index is 0.0841. The minimum atomic E-state index is -1.03. The summed E-state index contributed by atoms with van der Waals surface area (Å²) in [5.41, 5.74) is 2.92. The van der Waals surface area contributed by atoms with E-state index in [2.05, 4.69) is 4.98 Å². The molecule has 194 valence electrons. The molecule has 0 aliphatic rings. The number of pyridine rings is 1. The van der Waals surface area contributed by atoms with Gasteiger partial charge in [0.2, 0.25) is 0 Å². The molecule has 0 unspecified atom stereocenters. The molecule has 3 aromatic rings. The number of carbonyl (C=O) groups excluding carboxylic acids is 1. The van der Waals surface area contributed by atoms with Gasteiger partial charge in [0.1, 0.15) is 11.4 Å². The van der Waals surface area contributed by atoms with Gasteiger partial charge in [-0.1, -0.05) is 36.4 Å². The fourth-order valence-corrected chi connectivity index (χ4v) is 3.87. The van der Waals surface area contributed by atoms with E-state index in [0.717, 1.165) is 22.8 Å². The number of aliphatic hydroxyl groups is 2. The maximum absolute atomic E-state index is 13.1. The Morgan fingerprint density at radius 2 is 1.72 bits per heavy atom. The van der Waals surface area contributed by atoms with Crippen LogP contribution in [-0.2, 0) is 16.1 Å². The van der Waals surface area contributed by atoms with Crippen molar-refractivity contribution in [3.05, 3.63) is 83.3 Å². The van der Waals surface area contributed by atoms with Crippen molar-refractivity contribution in [1.82, 2.24) is 14.5 Å². The summed E-state index contributed by atoms with van der Waals surface area (Å²) < 4.78 is 13.4. The Morgan fingerprint density at radius 1 is 1.06 bits per heavy atom. The average molecular weight is 496 g/mol. The molecular formula is C28H37N3O5. The third-order valence-electron chi connectivity index (χ3n) is 5.73. The molecule has 0 bridgehead atoms. The number of aliphatic hydroxyl groups excluding tert-OH is 2. The summed E-state index contributed by atoms with van der Waals surface area (Å²) in [5, 5.41) is 21.1. The van der Waals surface area contributed by atoms with E-state index in [1.54, 1.807) is 33.0 Å². The van der Waals surface area contributed by atoms with Crippen molar-refractivity contribution < 1.29 is 24.5 Å². The van der Waals surface area contributed by atoms with Gasteiger partial charge in [-0.15, -0.1) is 0 Å². The SMILES string of the molecule is Cc1ccc(C)n1-c1ccc([C@@H](O)CN(C(=O)OC(C)(C)C)[C@H](CO)COCc2ccccc2)cn1. The fourth-order valence-electron chi connectivity index (χ4n) is 3.87. The Bertz CT molecular complexity index is 1090. The Balaban J connectivity index is 1.74. The van der Waals surface area contributed by atoms with Gasteiger partial charge in [-0.2, -0.15) is 0 Å². The molecule has 0 aliphatic carbocycles.